The molecule has 0 saturated carbocycles. The molecule has 0 fully saturated rings. The van der Waals surface area contributed by atoms with Crippen molar-refractivity contribution in [2.24, 2.45) is 0 Å². The van der Waals surface area contributed by atoms with Gasteiger partial charge in [0, 0.05) is 13.0 Å². The third-order valence-corrected chi connectivity index (χ3v) is 3.05. The van der Waals surface area contributed by atoms with Crippen molar-refractivity contribution in [1.29, 1.82) is 0 Å². The van der Waals surface area contributed by atoms with Gasteiger partial charge >= 0.3 is 0 Å². The maximum Gasteiger partial charge on any atom is 0.224 e. The molecule has 0 aromatic heterocycles. The molecule has 0 heterocycles. The number of hydrogen-bond acceptors (Lipinski definition) is 4. The van der Waals surface area contributed by atoms with Crippen molar-refractivity contribution >= 4 is 23.2 Å². The number of anilines is 1. The first kappa shape index (κ1) is 17.8. The van der Waals surface area contributed by atoms with Crippen molar-refractivity contribution in [3.05, 3.63) is 23.2 Å². The SMILES string of the molecule is CCOCCOc1c(Cl)cccc1NC(=O)CCCNC. The summed E-state index contributed by atoms with van der Waals surface area (Å²) in [5, 5.41) is 6.31. The third-order valence-electron chi connectivity index (χ3n) is 2.75. The van der Waals surface area contributed by atoms with Gasteiger partial charge in [0.25, 0.3) is 0 Å². The van der Waals surface area contributed by atoms with E-state index in [0.717, 1.165) is 13.0 Å². The Bertz CT molecular complexity index is 441. The fraction of sp³-hybridized carbons (Fsp3) is 0.533. The summed E-state index contributed by atoms with van der Waals surface area (Å²) in [5.41, 5.74) is 0.591. The minimum atomic E-state index is -0.0535. The zero-order chi connectivity index (χ0) is 15.5. The molecule has 118 valence electrons. The Balaban J connectivity index is 2.59. The standard InChI is InChI=1S/C15H23ClN2O3/c1-3-20-10-11-21-15-12(16)6-4-7-13(15)18-14(19)8-5-9-17-2/h4,6-7,17H,3,5,8-11H2,1-2H3,(H,18,19). The van der Waals surface area contributed by atoms with Gasteiger partial charge in [0.1, 0.15) is 6.61 Å². The van der Waals surface area contributed by atoms with Crippen LogP contribution in [-0.4, -0.2) is 39.3 Å². The maximum atomic E-state index is 11.9. The van der Waals surface area contributed by atoms with Crippen molar-refractivity contribution in [2.75, 3.05) is 38.7 Å². The van der Waals surface area contributed by atoms with E-state index in [0.29, 0.717) is 42.7 Å². The molecule has 0 radical (unpaired) electrons. The molecule has 0 aliphatic rings. The second-order valence-corrected chi connectivity index (χ2v) is 4.82. The number of carbonyl (C=O) groups excluding carboxylic acids is 1. The van der Waals surface area contributed by atoms with Crippen LogP contribution in [0.5, 0.6) is 5.75 Å². The lowest BCUT2D eigenvalue weighted by Gasteiger charge is -2.14. The first-order chi connectivity index (χ1) is 10.2. The topological polar surface area (TPSA) is 59.6 Å². The fourth-order valence-electron chi connectivity index (χ4n) is 1.74. The largest absolute Gasteiger partial charge is 0.487 e. The number of rotatable bonds is 10. The monoisotopic (exact) mass is 314 g/mol. The van der Waals surface area contributed by atoms with E-state index < -0.39 is 0 Å². The molecule has 0 spiro atoms. The summed E-state index contributed by atoms with van der Waals surface area (Å²) in [6.45, 7) is 4.24. The number of ether oxygens (including phenoxy) is 2. The van der Waals surface area contributed by atoms with E-state index in [1.54, 1.807) is 18.2 Å². The summed E-state index contributed by atoms with van der Waals surface area (Å²) in [4.78, 5) is 11.9. The van der Waals surface area contributed by atoms with E-state index in [1.807, 2.05) is 14.0 Å². The zero-order valence-corrected chi connectivity index (χ0v) is 13.3. The number of nitrogens with one attached hydrogen (secondary N) is 2. The molecule has 1 aromatic rings. The van der Waals surface area contributed by atoms with Crippen LogP contribution in [0.1, 0.15) is 19.8 Å². The lowest BCUT2D eigenvalue weighted by Crippen LogP contribution is -2.16. The van der Waals surface area contributed by atoms with E-state index in [4.69, 9.17) is 21.1 Å². The third kappa shape index (κ3) is 6.80. The zero-order valence-electron chi connectivity index (χ0n) is 12.6. The number of amides is 1. The van der Waals surface area contributed by atoms with Gasteiger partial charge in [-0.25, -0.2) is 0 Å². The van der Waals surface area contributed by atoms with Gasteiger partial charge in [0.15, 0.2) is 5.75 Å². The van der Waals surface area contributed by atoms with E-state index in [-0.39, 0.29) is 5.91 Å². The van der Waals surface area contributed by atoms with Gasteiger partial charge in [-0.2, -0.15) is 0 Å². The molecule has 0 aliphatic carbocycles. The van der Waals surface area contributed by atoms with Crippen molar-refractivity contribution in [2.45, 2.75) is 19.8 Å². The van der Waals surface area contributed by atoms with E-state index in [2.05, 4.69) is 10.6 Å². The number of carbonyl (C=O) groups is 1. The fourth-order valence-corrected chi connectivity index (χ4v) is 1.97. The van der Waals surface area contributed by atoms with Gasteiger partial charge < -0.3 is 20.1 Å². The van der Waals surface area contributed by atoms with Crippen LogP contribution >= 0.6 is 11.6 Å². The van der Waals surface area contributed by atoms with Gasteiger partial charge in [0.05, 0.1) is 17.3 Å². The Morgan fingerprint density at radius 3 is 2.86 bits per heavy atom. The molecule has 6 heteroatoms. The Labute approximate surface area is 131 Å². The molecule has 0 atom stereocenters. The average molecular weight is 315 g/mol. The number of hydrogen-bond donors (Lipinski definition) is 2. The van der Waals surface area contributed by atoms with Gasteiger partial charge in [0.2, 0.25) is 5.91 Å². The summed E-state index contributed by atoms with van der Waals surface area (Å²) < 4.78 is 10.8. The lowest BCUT2D eigenvalue weighted by molar-refractivity contribution is -0.116. The second kappa shape index (κ2) is 10.4. The van der Waals surface area contributed by atoms with Crippen molar-refractivity contribution < 1.29 is 14.3 Å². The van der Waals surface area contributed by atoms with Crippen LogP contribution in [0, 0.1) is 0 Å². The van der Waals surface area contributed by atoms with Crippen LogP contribution < -0.4 is 15.4 Å². The first-order valence-corrected chi connectivity index (χ1v) is 7.50. The maximum absolute atomic E-state index is 11.9. The van der Waals surface area contributed by atoms with Crippen LogP contribution in [0.25, 0.3) is 0 Å². The highest BCUT2D eigenvalue weighted by atomic mass is 35.5. The van der Waals surface area contributed by atoms with E-state index >= 15 is 0 Å². The predicted octanol–water partition coefficient (Wildman–Crippen LogP) is 2.69. The number of benzene rings is 1. The van der Waals surface area contributed by atoms with Gasteiger partial charge in [-0.1, -0.05) is 17.7 Å². The quantitative estimate of drug-likeness (QED) is 0.652. The summed E-state index contributed by atoms with van der Waals surface area (Å²) >= 11 is 6.13. The first-order valence-electron chi connectivity index (χ1n) is 7.12. The van der Waals surface area contributed by atoms with Crippen LogP contribution in [0.15, 0.2) is 18.2 Å². The van der Waals surface area contributed by atoms with Gasteiger partial charge in [-0.05, 0) is 39.1 Å². The minimum absolute atomic E-state index is 0.0535. The number of para-hydroxylation sites is 1. The normalized spacial score (nSPS) is 10.4. The molecule has 2 N–H and O–H groups in total. The van der Waals surface area contributed by atoms with Crippen LogP contribution in [-0.2, 0) is 9.53 Å². The Morgan fingerprint density at radius 2 is 2.14 bits per heavy atom. The van der Waals surface area contributed by atoms with E-state index in [1.165, 1.54) is 0 Å². The van der Waals surface area contributed by atoms with Crippen LogP contribution in [0.4, 0.5) is 5.69 Å². The molecule has 0 saturated heterocycles. The molecular weight excluding hydrogens is 292 g/mol. The van der Waals surface area contributed by atoms with Gasteiger partial charge in [-0.3, -0.25) is 4.79 Å². The summed E-state index contributed by atoms with van der Waals surface area (Å²) in [6.07, 6.45) is 1.23. The van der Waals surface area contributed by atoms with Crippen LogP contribution in [0.2, 0.25) is 5.02 Å². The molecule has 0 aliphatic heterocycles. The predicted molar refractivity (Wildman–Crippen MR) is 85.2 cm³/mol. The van der Waals surface area contributed by atoms with Crippen molar-refractivity contribution in [3.8, 4) is 5.75 Å². The van der Waals surface area contributed by atoms with Crippen LogP contribution in [0.3, 0.4) is 0 Å². The molecule has 21 heavy (non-hydrogen) atoms. The minimum Gasteiger partial charge on any atom is -0.487 e. The summed E-state index contributed by atoms with van der Waals surface area (Å²) in [5.74, 6) is 0.433. The molecule has 0 unspecified atom stereocenters. The lowest BCUT2D eigenvalue weighted by atomic mass is 10.2. The molecule has 0 bridgehead atoms. The van der Waals surface area contributed by atoms with Crippen molar-refractivity contribution in [1.82, 2.24) is 5.32 Å². The molecular formula is C15H23ClN2O3. The highest BCUT2D eigenvalue weighted by molar-refractivity contribution is 6.32. The molecule has 1 amide bonds. The highest BCUT2D eigenvalue weighted by Crippen LogP contribution is 2.33. The molecule has 5 nitrogen and oxygen atoms in total. The summed E-state index contributed by atoms with van der Waals surface area (Å²) in [7, 11) is 1.86. The Hall–Kier alpha value is -1.30. The average Bonchev–Trinajstić information content (AvgIpc) is 2.46. The Kier molecular flexibility index (Phi) is 8.82. The summed E-state index contributed by atoms with van der Waals surface area (Å²) in [6, 6.07) is 5.28. The smallest absolute Gasteiger partial charge is 0.224 e. The van der Waals surface area contributed by atoms with Crippen molar-refractivity contribution in [3.63, 3.8) is 0 Å². The van der Waals surface area contributed by atoms with Gasteiger partial charge in [-0.15, -0.1) is 0 Å². The highest BCUT2D eigenvalue weighted by Gasteiger charge is 2.11. The molecule has 1 aromatic carbocycles. The molecule has 1 rings (SSSR count). The Morgan fingerprint density at radius 1 is 1.33 bits per heavy atom. The second-order valence-electron chi connectivity index (χ2n) is 4.42. The van der Waals surface area contributed by atoms with E-state index in [9.17, 15) is 4.79 Å². The number of halogens is 1.